The minimum Gasteiger partial charge on any atom is -0.744 e. The highest BCUT2D eigenvalue weighted by Gasteiger charge is 2.34. The zero-order valence-electron chi connectivity index (χ0n) is 22.8. The minimum atomic E-state index is -4.27. The molecule has 1 aliphatic rings. The molecular weight excluding hydrogens is 536 g/mol. The Morgan fingerprint density at radius 3 is 1.76 bits per heavy atom. The first-order chi connectivity index (χ1) is 19.7. The van der Waals surface area contributed by atoms with E-state index in [0.717, 1.165) is 56.1 Å². The number of amidine groups is 1. The Balaban J connectivity index is 0.000000259. The van der Waals surface area contributed by atoms with Gasteiger partial charge in [-0.15, -0.1) is 0 Å². The Labute approximate surface area is 239 Å². The molecule has 2 heterocycles. The van der Waals surface area contributed by atoms with Crippen molar-refractivity contribution >= 4 is 33.3 Å². The van der Waals surface area contributed by atoms with E-state index in [0.29, 0.717) is 5.82 Å². The van der Waals surface area contributed by atoms with Crippen molar-refractivity contribution in [3.8, 4) is 28.3 Å². The fraction of sp³-hybridized carbons (Fsp3) is 0.0938. The van der Waals surface area contributed by atoms with E-state index in [1.807, 2.05) is 74.5 Å². The third-order valence-electron chi connectivity index (χ3n) is 6.53. The van der Waals surface area contributed by atoms with Crippen LogP contribution in [0.3, 0.4) is 0 Å². The van der Waals surface area contributed by atoms with Crippen molar-refractivity contribution in [3.63, 3.8) is 0 Å². The SMILES string of the molecule is COc1ccc([NH+]2C(C)=Nc3nc(-c4ccccc4)c(-c4ccccc4)nc32)cc1.Cc1ccc(S(=O)(=O)[O-])cc1. The van der Waals surface area contributed by atoms with Gasteiger partial charge < -0.3 is 9.29 Å². The maximum absolute atomic E-state index is 10.4. The molecule has 0 saturated carbocycles. The molecule has 1 aliphatic heterocycles. The highest BCUT2D eigenvalue weighted by atomic mass is 32.2. The van der Waals surface area contributed by atoms with Gasteiger partial charge in [0, 0.05) is 30.2 Å². The Morgan fingerprint density at radius 2 is 1.24 bits per heavy atom. The summed E-state index contributed by atoms with van der Waals surface area (Å²) < 4.78 is 36.5. The van der Waals surface area contributed by atoms with Crippen LogP contribution in [0.4, 0.5) is 17.3 Å². The average molecular weight is 565 g/mol. The first kappa shape index (κ1) is 27.9. The number of nitrogens with one attached hydrogen (secondary N) is 1. The van der Waals surface area contributed by atoms with Crippen molar-refractivity contribution < 1.29 is 22.6 Å². The van der Waals surface area contributed by atoms with Gasteiger partial charge in [-0.25, -0.2) is 18.3 Å². The van der Waals surface area contributed by atoms with E-state index < -0.39 is 10.1 Å². The van der Waals surface area contributed by atoms with Crippen molar-refractivity contribution in [3.05, 3.63) is 115 Å². The molecule has 0 aliphatic carbocycles. The standard InChI is InChI=1S/C25H20N4O.C7H8O3S/c1-17-26-24-25(29(17)20-13-15-21(30-2)16-14-20)28-23(19-11-7-4-8-12-19)22(27-24)18-9-5-3-6-10-18;1-6-2-4-7(5-3-6)11(8,9)10/h3-16H,1-2H3;2-5H,1H3,(H,8,9,10). The van der Waals surface area contributed by atoms with Crippen LogP contribution in [-0.2, 0) is 10.1 Å². The summed E-state index contributed by atoms with van der Waals surface area (Å²) in [6, 6.07) is 34.1. The number of benzene rings is 4. The zero-order valence-corrected chi connectivity index (χ0v) is 23.6. The molecular formula is C32H28N4O4S. The van der Waals surface area contributed by atoms with E-state index in [2.05, 4.69) is 24.3 Å². The second kappa shape index (κ2) is 11.8. The van der Waals surface area contributed by atoms with Crippen LogP contribution >= 0.6 is 0 Å². The lowest BCUT2D eigenvalue weighted by Gasteiger charge is -2.14. The van der Waals surface area contributed by atoms with Crippen LogP contribution in [0.15, 0.2) is 119 Å². The number of hydrogen-bond acceptors (Lipinski definition) is 7. The lowest BCUT2D eigenvalue weighted by Crippen LogP contribution is -3.03. The van der Waals surface area contributed by atoms with Crippen molar-refractivity contribution in [1.29, 1.82) is 0 Å². The van der Waals surface area contributed by atoms with Crippen LogP contribution < -0.4 is 9.64 Å². The summed E-state index contributed by atoms with van der Waals surface area (Å²) >= 11 is 0. The number of fused-ring (bicyclic) bond motifs is 1. The summed E-state index contributed by atoms with van der Waals surface area (Å²) in [4.78, 5) is 15.7. The summed E-state index contributed by atoms with van der Waals surface area (Å²) in [5.41, 5.74) is 5.74. The van der Waals surface area contributed by atoms with Gasteiger partial charge in [-0.2, -0.15) is 9.98 Å². The largest absolute Gasteiger partial charge is 0.744 e. The predicted octanol–water partition coefficient (Wildman–Crippen LogP) is 5.63. The minimum absolute atomic E-state index is 0.178. The Hall–Kier alpha value is -4.70. The first-order valence-electron chi connectivity index (χ1n) is 12.9. The molecule has 1 aromatic heterocycles. The predicted molar refractivity (Wildman–Crippen MR) is 158 cm³/mol. The highest BCUT2D eigenvalue weighted by Crippen LogP contribution is 2.35. The van der Waals surface area contributed by atoms with Crippen molar-refractivity contribution in [1.82, 2.24) is 9.97 Å². The van der Waals surface area contributed by atoms with Crippen LogP contribution in [0.1, 0.15) is 12.5 Å². The summed E-state index contributed by atoms with van der Waals surface area (Å²) in [5.74, 6) is 3.22. The van der Waals surface area contributed by atoms with E-state index >= 15 is 0 Å². The topological polar surface area (TPSA) is 109 Å². The van der Waals surface area contributed by atoms with Gasteiger partial charge in [-0.1, -0.05) is 78.4 Å². The Bertz CT molecular complexity index is 1790. The molecule has 5 aromatic rings. The van der Waals surface area contributed by atoms with E-state index in [1.54, 1.807) is 19.2 Å². The number of rotatable bonds is 5. The van der Waals surface area contributed by atoms with Crippen molar-refractivity contribution in [2.24, 2.45) is 4.99 Å². The molecule has 206 valence electrons. The van der Waals surface area contributed by atoms with Gasteiger partial charge in [0.05, 0.1) is 17.7 Å². The average Bonchev–Trinajstić information content (AvgIpc) is 3.32. The smallest absolute Gasteiger partial charge is 0.283 e. The number of quaternary nitrogens is 1. The van der Waals surface area contributed by atoms with Crippen molar-refractivity contribution in [2.45, 2.75) is 18.7 Å². The maximum atomic E-state index is 10.4. The van der Waals surface area contributed by atoms with Crippen LogP contribution in [-0.4, -0.2) is 35.9 Å². The Kier molecular flexibility index (Phi) is 8.02. The fourth-order valence-electron chi connectivity index (χ4n) is 4.46. The molecule has 0 saturated heterocycles. The summed E-state index contributed by atoms with van der Waals surface area (Å²) in [5, 5.41) is 0. The molecule has 1 atom stereocenters. The number of aromatic nitrogens is 2. The molecule has 0 fully saturated rings. The quantitative estimate of drug-likeness (QED) is 0.277. The lowest BCUT2D eigenvalue weighted by molar-refractivity contribution is -0.650. The number of aryl methyl sites for hydroxylation is 1. The normalized spacial score (nSPS) is 14.0. The third-order valence-corrected chi connectivity index (χ3v) is 7.38. The molecule has 0 radical (unpaired) electrons. The number of aliphatic imine (C=N–C) groups is 1. The van der Waals surface area contributed by atoms with E-state index in [4.69, 9.17) is 19.7 Å². The fourth-order valence-corrected chi connectivity index (χ4v) is 4.93. The van der Waals surface area contributed by atoms with Gasteiger partial charge in [-0.3, -0.25) is 0 Å². The maximum Gasteiger partial charge on any atom is 0.283 e. The first-order valence-corrected chi connectivity index (χ1v) is 14.3. The third kappa shape index (κ3) is 6.22. The summed E-state index contributed by atoms with van der Waals surface area (Å²) in [6.07, 6.45) is 0. The summed E-state index contributed by atoms with van der Waals surface area (Å²) in [7, 11) is -2.60. The molecule has 0 bridgehead atoms. The number of ether oxygens (including phenoxy) is 1. The zero-order chi connectivity index (χ0) is 29.0. The molecule has 0 spiro atoms. The summed E-state index contributed by atoms with van der Waals surface area (Å²) in [6.45, 7) is 3.83. The molecule has 6 rings (SSSR count). The lowest BCUT2D eigenvalue weighted by atomic mass is 10.0. The monoisotopic (exact) mass is 564 g/mol. The number of hydrogen-bond donors (Lipinski definition) is 1. The molecule has 0 amide bonds. The van der Waals surface area contributed by atoms with Gasteiger partial charge in [0.15, 0.2) is 0 Å². The van der Waals surface area contributed by atoms with Gasteiger partial charge in [0.2, 0.25) is 11.7 Å². The van der Waals surface area contributed by atoms with E-state index in [9.17, 15) is 13.0 Å². The number of methoxy groups -OCH3 is 1. The molecule has 1 N–H and O–H groups in total. The highest BCUT2D eigenvalue weighted by molar-refractivity contribution is 7.85. The van der Waals surface area contributed by atoms with Gasteiger partial charge in [-0.05, 0) is 31.2 Å². The second-order valence-electron chi connectivity index (χ2n) is 9.39. The molecule has 4 aromatic carbocycles. The molecule has 1 unspecified atom stereocenters. The Morgan fingerprint density at radius 1 is 0.707 bits per heavy atom. The van der Waals surface area contributed by atoms with Crippen LogP contribution in [0.2, 0.25) is 0 Å². The van der Waals surface area contributed by atoms with Crippen LogP contribution in [0.25, 0.3) is 22.5 Å². The van der Waals surface area contributed by atoms with E-state index in [-0.39, 0.29) is 4.90 Å². The van der Waals surface area contributed by atoms with Gasteiger partial charge in [0.1, 0.15) is 27.2 Å². The molecule has 41 heavy (non-hydrogen) atoms. The van der Waals surface area contributed by atoms with Crippen molar-refractivity contribution in [2.75, 3.05) is 7.11 Å². The van der Waals surface area contributed by atoms with Gasteiger partial charge in [0.25, 0.3) is 5.82 Å². The molecule has 8 nitrogen and oxygen atoms in total. The van der Waals surface area contributed by atoms with E-state index in [1.165, 1.54) is 12.1 Å². The number of nitrogens with zero attached hydrogens (tertiary/aromatic N) is 3. The van der Waals surface area contributed by atoms with Crippen LogP contribution in [0.5, 0.6) is 5.75 Å². The van der Waals surface area contributed by atoms with Gasteiger partial charge >= 0.3 is 0 Å². The molecule has 9 heteroatoms. The van der Waals surface area contributed by atoms with Crippen LogP contribution in [0, 0.1) is 6.92 Å². The second-order valence-corrected chi connectivity index (χ2v) is 10.8.